The molecule has 1 N–H and O–H groups in total. The van der Waals surface area contributed by atoms with Gasteiger partial charge in [-0.15, -0.1) is 0 Å². The van der Waals surface area contributed by atoms with Gasteiger partial charge in [-0.05, 0) is 54.8 Å². The van der Waals surface area contributed by atoms with E-state index < -0.39 is 5.92 Å². The van der Waals surface area contributed by atoms with Crippen LogP contribution in [0.2, 0.25) is 0 Å². The van der Waals surface area contributed by atoms with E-state index in [0.29, 0.717) is 31.0 Å². The fourth-order valence-electron chi connectivity index (χ4n) is 3.36. The number of fused-ring (bicyclic) bond motifs is 1. The molecule has 0 saturated heterocycles. The fourth-order valence-corrected chi connectivity index (χ4v) is 3.36. The average Bonchev–Trinajstić information content (AvgIpc) is 2.69. The molecule has 0 fully saturated rings. The lowest BCUT2D eigenvalue weighted by molar-refractivity contribution is -0.133. The largest absolute Gasteiger partial charge is 0.497 e. The number of methoxy groups -OCH3 is 1. The van der Waals surface area contributed by atoms with E-state index in [9.17, 15) is 9.59 Å². The molecule has 1 heterocycles. The van der Waals surface area contributed by atoms with Crippen molar-refractivity contribution in [1.82, 2.24) is 4.90 Å². The summed E-state index contributed by atoms with van der Waals surface area (Å²) in [6, 6.07) is 13.3. The van der Waals surface area contributed by atoms with Crippen LogP contribution in [0.1, 0.15) is 29.9 Å². The fraction of sp³-hybridized carbons (Fsp3) is 0.364. The molecule has 0 spiro atoms. The summed E-state index contributed by atoms with van der Waals surface area (Å²) in [6.45, 7) is 3.10. The molecule has 0 saturated carbocycles. The Morgan fingerprint density at radius 1 is 1.21 bits per heavy atom. The zero-order valence-corrected chi connectivity index (χ0v) is 16.5. The van der Waals surface area contributed by atoms with Gasteiger partial charge in [-0.2, -0.15) is 0 Å². The summed E-state index contributed by atoms with van der Waals surface area (Å²) < 4.78 is 11.0. The Morgan fingerprint density at radius 2 is 2.04 bits per heavy atom. The molecule has 0 radical (unpaired) electrons. The van der Waals surface area contributed by atoms with Crippen molar-refractivity contribution in [2.45, 2.75) is 25.7 Å². The summed E-state index contributed by atoms with van der Waals surface area (Å²) in [7, 11) is 3.35. The molecule has 2 aromatic carbocycles. The summed E-state index contributed by atoms with van der Waals surface area (Å²) >= 11 is 0. The monoisotopic (exact) mass is 382 g/mol. The molecule has 3 rings (SSSR count). The van der Waals surface area contributed by atoms with E-state index >= 15 is 0 Å². The average molecular weight is 382 g/mol. The van der Waals surface area contributed by atoms with Gasteiger partial charge >= 0.3 is 0 Å². The number of aryl methyl sites for hydroxylation is 1. The Kier molecular flexibility index (Phi) is 6.19. The van der Waals surface area contributed by atoms with Crippen molar-refractivity contribution >= 4 is 17.5 Å². The van der Waals surface area contributed by atoms with E-state index in [1.165, 1.54) is 0 Å². The molecule has 28 heavy (non-hydrogen) atoms. The highest BCUT2D eigenvalue weighted by Gasteiger charge is 2.32. The first-order chi connectivity index (χ1) is 13.5. The third-order valence-electron chi connectivity index (χ3n) is 4.87. The first-order valence-corrected chi connectivity index (χ1v) is 9.40. The van der Waals surface area contributed by atoms with Gasteiger partial charge in [0, 0.05) is 25.7 Å². The molecule has 148 valence electrons. The molecule has 0 aromatic heterocycles. The van der Waals surface area contributed by atoms with Crippen molar-refractivity contribution in [3.8, 4) is 11.5 Å². The van der Waals surface area contributed by atoms with Gasteiger partial charge in [0.25, 0.3) is 0 Å². The maximum Gasteiger partial charge on any atom is 0.230 e. The minimum absolute atomic E-state index is 0.0695. The number of hydrogen-bond donors (Lipinski definition) is 1. The number of ether oxygens (including phenoxy) is 2. The zero-order chi connectivity index (χ0) is 20.1. The van der Waals surface area contributed by atoms with Crippen molar-refractivity contribution in [3.63, 3.8) is 0 Å². The normalized spacial score (nSPS) is 15.4. The molecule has 1 atom stereocenters. The third kappa shape index (κ3) is 4.63. The third-order valence-corrected chi connectivity index (χ3v) is 4.87. The summed E-state index contributed by atoms with van der Waals surface area (Å²) in [6.07, 6.45) is 0.850. The van der Waals surface area contributed by atoms with Gasteiger partial charge < -0.3 is 19.7 Å². The molecule has 0 bridgehead atoms. The minimum Gasteiger partial charge on any atom is -0.497 e. The number of benzene rings is 2. The number of nitrogens with one attached hydrogen (secondary N) is 1. The van der Waals surface area contributed by atoms with Gasteiger partial charge in [0.2, 0.25) is 11.8 Å². The van der Waals surface area contributed by atoms with E-state index in [1.54, 1.807) is 31.2 Å². The smallest absolute Gasteiger partial charge is 0.230 e. The maximum atomic E-state index is 13.0. The summed E-state index contributed by atoms with van der Waals surface area (Å²) in [4.78, 5) is 26.7. The molecule has 2 aromatic rings. The van der Waals surface area contributed by atoms with Gasteiger partial charge in [-0.3, -0.25) is 9.59 Å². The maximum absolute atomic E-state index is 13.0. The minimum atomic E-state index is -0.499. The number of anilines is 1. The standard InChI is InChI=1S/C22H26N2O4/c1-15-6-4-7-17(12-15)28-11-5-10-24(2)22(26)19-14-21(25)23-20-9-8-16(27-3)13-18(19)20/h4,6-9,12-13,19H,5,10-11,14H2,1-3H3,(H,23,25)/t19-/m0/s1. The van der Waals surface area contributed by atoms with E-state index in [4.69, 9.17) is 9.47 Å². The van der Waals surface area contributed by atoms with Crippen LogP contribution in [-0.2, 0) is 9.59 Å². The van der Waals surface area contributed by atoms with Crippen molar-refractivity contribution in [1.29, 1.82) is 0 Å². The van der Waals surface area contributed by atoms with Gasteiger partial charge in [-0.25, -0.2) is 0 Å². The molecule has 0 aliphatic carbocycles. The quantitative estimate of drug-likeness (QED) is 0.746. The Morgan fingerprint density at radius 3 is 2.79 bits per heavy atom. The van der Waals surface area contributed by atoms with Crippen LogP contribution in [0.3, 0.4) is 0 Å². The first kappa shape index (κ1) is 19.7. The Labute approximate surface area is 165 Å². The van der Waals surface area contributed by atoms with Crippen LogP contribution in [-0.4, -0.2) is 44.0 Å². The number of nitrogens with zero attached hydrogens (tertiary/aromatic N) is 1. The Bertz CT molecular complexity index is 865. The van der Waals surface area contributed by atoms with Crippen molar-refractivity contribution in [2.24, 2.45) is 0 Å². The second-order valence-electron chi connectivity index (χ2n) is 7.04. The number of carbonyl (C=O) groups excluding carboxylic acids is 2. The second-order valence-corrected chi connectivity index (χ2v) is 7.04. The predicted molar refractivity (Wildman–Crippen MR) is 108 cm³/mol. The van der Waals surface area contributed by atoms with Crippen molar-refractivity contribution in [2.75, 3.05) is 32.6 Å². The van der Waals surface area contributed by atoms with E-state index in [-0.39, 0.29) is 18.2 Å². The number of amides is 2. The van der Waals surface area contributed by atoms with Gasteiger partial charge in [0.05, 0.1) is 19.6 Å². The van der Waals surface area contributed by atoms with Crippen LogP contribution in [0, 0.1) is 6.92 Å². The van der Waals surface area contributed by atoms with E-state index in [2.05, 4.69) is 5.32 Å². The molecular weight excluding hydrogens is 356 g/mol. The molecule has 2 amide bonds. The lowest BCUT2D eigenvalue weighted by Crippen LogP contribution is -2.37. The second kappa shape index (κ2) is 8.78. The van der Waals surface area contributed by atoms with Gasteiger partial charge in [0.1, 0.15) is 11.5 Å². The highest BCUT2D eigenvalue weighted by molar-refractivity contribution is 6.01. The molecule has 6 nitrogen and oxygen atoms in total. The van der Waals surface area contributed by atoms with E-state index in [0.717, 1.165) is 16.9 Å². The summed E-state index contributed by atoms with van der Waals surface area (Å²) in [5.41, 5.74) is 2.62. The Hall–Kier alpha value is -3.02. The zero-order valence-electron chi connectivity index (χ0n) is 16.5. The van der Waals surface area contributed by atoms with Crippen LogP contribution >= 0.6 is 0 Å². The number of carbonyl (C=O) groups is 2. The number of rotatable bonds is 7. The molecule has 1 aliphatic rings. The van der Waals surface area contributed by atoms with Crippen LogP contribution in [0.4, 0.5) is 5.69 Å². The van der Waals surface area contributed by atoms with Crippen LogP contribution in [0.25, 0.3) is 0 Å². The molecular formula is C22H26N2O4. The Balaban J connectivity index is 1.59. The summed E-state index contributed by atoms with van der Waals surface area (Å²) in [5, 5.41) is 2.82. The number of likely N-dealkylation sites (N-methyl/N-ethyl adjacent to an activating group) is 1. The molecule has 0 unspecified atom stereocenters. The SMILES string of the molecule is COc1ccc2c(c1)[C@@H](C(=O)N(C)CCCOc1cccc(C)c1)CC(=O)N2. The number of hydrogen-bond acceptors (Lipinski definition) is 4. The van der Waals surface area contributed by atoms with Crippen LogP contribution in [0.5, 0.6) is 11.5 Å². The lowest BCUT2D eigenvalue weighted by atomic mass is 9.89. The molecule has 1 aliphatic heterocycles. The lowest BCUT2D eigenvalue weighted by Gasteiger charge is -2.29. The summed E-state index contributed by atoms with van der Waals surface area (Å²) in [5.74, 6) is 0.787. The van der Waals surface area contributed by atoms with Crippen molar-refractivity contribution < 1.29 is 19.1 Å². The van der Waals surface area contributed by atoms with Gasteiger partial charge in [-0.1, -0.05) is 12.1 Å². The predicted octanol–water partition coefficient (Wildman–Crippen LogP) is 3.36. The van der Waals surface area contributed by atoms with E-state index in [1.807, 2.05) is 37.3 Å². The van der Waals surface area contributed by atoms with Gasteiger partial charge in [0.15, 0.2) is 0 Å². The van der Waals surface area contributed by atoms with Crippen molar-refractivity contribution in [3.05, 3.63) is 53.6 Å². The molecule has 6 heteroatoms. The van der Waals surface area contributed by atoms with Crippen LogP contribution in [0.15, 0.2) is 42.5 Å². The topological polar surface area (TPSA) is 67.9 Å². The van der Waals surface area contributed by atoms with Crippen LogP contribution < -0.4 is 14.8 Å². The first-order valence-electron chi connectivity index (χ1n) is 9.40. The highest BCUT2D eigenvalue weighted by atomic mass is 16.5. The highest BCUT2D eigenvalue weighted by Crippen LogP contribution is 2.35.